The molecular formula is C21H25ClN2O5S. The fraction of sp³-hybridized carbons (Fsp3) is 0.381. The van der Waals surface area contributed by atoms with Crippen molar-refractivity contribution in [1.29, 1.82) is 0 Å². The van der Waals surface area contributed by atoms with Gasteiger partial charge < -0.3 is 14.8 Å². The second-order valence-corrected chi connectivity index (χ2v) is 9.94. The van der Waals surface area contributed by atoms with Crippen LogP contribution in [0.4, 0.5) is 5.69 Å². The molecule has 9 heteroatoms. The quantitative estimate of drug-likeness (QED) is 0.749. The molecule has 0 unspecified atom stereocenters. The molecule has 1 N–H and O–H groups in total. The summed E-state index contributed by atoms with van der Waals surface area (Å²) in [5.41, 5.74) is 2.71. The largest absolute Gasteiger partial charge is 0.489 e. The van der Waals surface area contributed by atoms with Crippen LogP contribution in [0.3, 0.4) is 0 Å². The number of fused-ring (bicyclic) bond motifs is 1. The van der Waals surface area contributed by atoms with Crippen molar-refractivity contribution in [2.75, 3.05) is 32.6 Å². The summed E-state index contributed by atoms with van der Waals surface area (Å²) in [6.07, 6.45) is 0.811. The van der Waals surface area contributed by atoms with Crippen molar-refractivity contribution in [2.24, 2.45) is 0 Å². The van der Waals surface area contributed by atoms with Crippen molar-refractivity contribution < 1.29 is 22.7 Å². The van der Waals surface area contributed by atoms with Crippen LogP contribution in [-0.2, 0) is 21.2 Å². The summed E-state index contributed by atoms with van der Waals surface area (Å²) in [4.78, 5) is 12.8. The number of sulfonamides is 1. The Labute approximate surface area is 182 Å². The molecule has 0 atom stereocenters. The molecule has 30 heavy (non-hydrogen) atoms. The lowest BCUT2D eigenvalue weighted by molar-refractivity contribution is -0.115. The van der Waals surface area contributed by atoms with Gasteiger partial charge in [0.15, 0.2) is 11.5 Å². The third-order valence-electron chi connectivity index (χ3n) is 4.92. The van der Waals surface area contributed by atoms with Gasteiger partial charge >= 0.3 is 0 Å². The zero-order valence-corrected chi connectivity index (χ0v) is 19.0. The van der Waals surface area contributed by atoms with Gasteiger partial charge in [-0.15, -0.1) is 0 Å². The standard InChI is InChI=1S/C21H25ClN2O5S/c1-13-8-16(30(26,27)24(3)4)12-18(14(13)2)23-20(25)11-15-9-17(22)21-19(10-15)28-6-5-7-29-21/h8-10,12H,5-7,11H2,1-4H3,(H,23,25). The van der Waals surface area contributed by atoms with Crippen LogP contribution in [0.15, 0.2) is 29.2 Å². The first kappa shape index (κ1) is 22.4. The molecule has 1 heterocycles. The number of aryl methyl sites for hydroxylation is 1. The normalized spacial score (nSPS) is 13.8. The third-order valence-corrected chi connectivity index (χ3v) is 6.99. The number of amides is 1. The van der Waals surface area contributed by atoms with Crippen LogP contribution in [0, 0.1) is 13.8 Å². The number of hydrogen-bond acceptors (Lipinski definition) is 5. The number of nitrogens with one attached hydrogen (secondary N) is 1. The van der Waals surface area contributed by atoms with E-state index in [4.69, 9.17) is 21.1 Å². The maximum atomic E-state index is 12.7. The highest BCUT2D eigenvalue weighted by Gasteiger charge is 2.21. The number of hydrogen-bond donors (Lipinski definition) is 1. The number of halogens is 1. The van der Waals surface area contributed by atoms with Crippen LogP contribution in [0.5, 0.6) is 11.5 Å². The lowest BCUT2D eigenvalue weighted by Gasteiger charge is -2.17. The summed E-state index contributed by atoms with van der Waals surface area (Å²) < 4.78 is 37.4. The van der Waals surface area contributed by atoms with Gasteiger partial charge in [-0.2, -0.15) is 0 Å². The van der Waals surface area contributed by atoms with Gasteiger partial charge in [-0.1, -0.05) is 11.6 Å². The second-order valence-electron chi connectivity index (χ2n) is 7.38. The van der Waals surface area contributed by atoms with E-state index in [0.717, 1.165) is 21.9 Å². The minimum atomic E-state index is -3.62. The van der Waals surface area contributed by atoms with E-state index in [1.54, 1.807) is 18.2 Å². The molecule has 7 nitrogen and oxygen atoms in total. The second kappa shape index (κ2) is 8.83. The Hall–Kier alpha value is -2.29. The number of nitrogens with zero attached hydrogens (tertiary/aromatic N) is 1. The van der Waals surface area contributed by atoms with Crippen LogP contribution >= 0.6 is 11.6 Å². The van der Waals surface area contributed by atoms with Crippen LogP contribution in [0.25, 0.3) is 0 Å². The molecular weight excluding hydrogens is 428 g/mol. The summed E-state index contributed by atoms with van der Waals surface area (Å²) in [6, 6.07) is 6.51. The molecule has 0 radical (unpaired) electrons. The molecule has 1 amide bonds. The van der Waals surface area contributed by atoms with Crippen molar-refractivity contribution in [2.45, 2.75) is 31.6 Å². The van der Waals surface area contributed by atoms with Gasteiger partial charge in [0, 0.05) is 26.2 Å². The molecule has 162 valence electrons. The van der Waals surface area contributed by atoms with E-state index in [1.807, 2.05) is 13.8 Å². The summed E-state index contributed by atoms with van der Waals surface area (Å²) in [6.45, 7) is 4.69. The smallest absolute Gasteiger partial charge is 0.242 e. The Balaban J connectivity index is 1.84. The molecule has 2 aromatic rings. The molecule has 0 aromatic heterocycles. The zero-order valence-electron chi connectivity index (χ0n) is 17.4. The molecule has 1 aliphatic rings. The summed E-state index contributed by atoms with van der Waals surface area (Å²) in [7, 11) is -0.681. The van der Waals surface area contributed by atoms with Gasteiger partial charge in [0.05, 0.1) is 29.6 Å². The van der Waals surface area contributed by atoms with Crippen molar-refractivity contribution in [3.8, 4) is 11.5 Å². The van der Waals surface area contributed by atoms with Gasteiger partial charge in [0.2, 0.25) is 15.9 Å². The summed E-state index contributed by atoms with van der Waals surface area (Å²) in [5, 5.41) is 3.22. The number of carbonyl (C=O) groups excluding carboxylic acids is 1. The average molecular weight is 453 g/mol. The fourth-order valence-electron chi connectivity index (χ4n) is 3.08. The molecule has 0 aliphatic carbocycles. The van der Waals surface area contributed by atoms with Gasteiger partial charge in [-0.25, -0.2) is 12.7 Å². The van der Waals surface area contributed by atoms with E-state index in [2.05, 4.69) is 5.32 Å². The third kappa shape index (κ3) is 4.71. The summed E-state index contributed by atoms with van der Waals surface area (Å²) >= 11 is 6.30. The number of rotatable bonds is 5. The SMILES string of the molecule is Cc1cc(S(=O)(=O)N(C)C)cc(NC(=O)Cc2cc(Cl)c3c(c2)OCCCO3)c1C. The lowest BCUT2D eigenvalue weighted by atomic mass is 10.1. The Morgan fingerprint density at radius 3 is 2.53 bits per heavy atom. The molecule has 0 saturated heterocycles. The maximum Gasteiger partial charge on any atom is 0.242 e. The zero-order chi connectivity index (χ0) is 22.1. The lowest BCUT2D eigenvalue weighted by Crippen LogP contribution is -2.23. The molecule has 0 fully saturated rings. The van der Waals surface area contributed by atoms with Crippen molar-refractivity contribution in [3.63, 3.8) is 0 Å². The monoisotopic (exact) mass is 452 g/mol. The van der Waals surface area contributed by atoms with E-state index in [0.29, 0.717) is 41.0 Å². The van der Waals surface area contributed by atoms with Crippen LogP contribution in [-0.4, -0.2) is 45.9 Å². The average Bonchev–Trinajstić information content (AvgIpc) is 2.90. The van der Waals surface area contributed by atoms with Crippen LogP contribution in [0.1, 0.15) is 23.1 Å². The van der Waals surface area contributed by atoms with E-state index >= 15 is 0 Å². The highest BCUT2D eigenvalue weighted by molar-refractivity contribution is 7.89. The number of ether oxygens (including phenoxy) is 2. The highest BCUT2D eigenvalue weighted by Crippen LogP contribution is 2.38. The van der Waals surface area contributed by atoms with E-state index in [1.165, 1.54) is 20.2 Å². The predicted octanol–water partition coefficient (Wildman–Crippen LogP) is 3.55. The fourth-order valence-corrected chi connectivity index (χ4v) is 4.38. The van der Waals surface area contributed by atoms with Crippen molar-refractivity contribution in [1.82, 2.24) is 4.31 Å². The van der Waals surface area contributed by atoms with E-state index in [9.17, 15) is 13.2 Å². The van der Waals surface area contributed by atoms with Gasteiger partial charge in [-0.3, -0.25) is 4.79 Å². The molecule has 1 aliphatic heterocycles. The van der Waals surface area contributed by atoms with E-state index < -0.39 is 10.0 Å². The van der Waals surface area contributed by atoms with E-state index in [-0.39, 0.29) is 17.2 Å². The maximum absolute atomic E-state index is 12.7. The molecule has 2 aromatic carbocycles. The molecule has 0 saturated carbocycles. The predicted molar refractivity (Wildman–Crippen MR) is 116 cm³/mol. The van der Waals surface area contributed by atoms with Crippen molar-refractivity contribution >= 4 is 33.2 Å². The van der Waals surface area contributed by atoms with Gasteiger partial charge in [-0.05, 0) is 54.8 Å². The number of carbonyl (C=O) groups is 1. The van der Waals surface area contributed by atoms with Crippen LogP contribution < -0.4 is 14.8 Å². The Morgan fingerprint density at radius 1 is 1.13 bits per heavy atom. The Bertz CT molecular complexity index is 1080. The first-order valence-corrected chi connectivity index (χ1v) is 11.3. The summed E-state index contributed by atoms with van der Waals surface area (Å²) in [5.74, 6) is 0.725. The van der Waals surface area contributed by atoms with Crippen molar-refractivity contribution in [3.05, 3.63) is 46.0 Å². The van der Waals surface area contributed by atoms with Crippen LogP contribution in [0.2, 0.25) is 5.02 Å². The minimum absolute atomic E-state index is 0.0551. The van der Waals surface area contributed by atoms with Gasteiger partial charge in [0.25, 0.3) is 0 Å². The minimum Gasteiger partial charge on any atom is -0.489 e. The molecule has 0 bridgehead atoms. The first-order valence-electron chi connectivity index (χ1n) is 9.51. The number of anilines is 1. The molecule has 0 spiro atoms. The Kier molecular flexibility index (Phi) is 6.59. The number of benzene rings is 2. The highest BCUT2D eigenvalue weighted by atomic mass is 35.5. The topological polar surface area (TPSA) is 84.9 Å². The van der Waals surface area contributed by atoms with Gasteiger partial charge in [0.1, 0.15) is 0 Å². The Morgan fingerprint density at radius 2 is 1.83 bits per heavy atom. The molecule has 3 rings (SSSR count). The first-order chi connectivity index (χ1) is 14.1.